The fourth-order valence-corrected chi connectivity index (χ4v) is 2.15. The van der Waals surface area contributed by atoms with Gasteiger partial charge in [0.2, 0.25) is 0 Å². The van der Waals surface area contributed by atoms with E-state index in [1.165, 1.54) is 11.1 Å². The molecule has 0 saturated heterocycles. The molecule has 1 N–H and O–H groups in total. The number of methoxy groups -OCH3 is 1. The van der Waals surface area contributed by atoms with Crippen molar-refractivity contribution in [1.29, 1.82) is 0 Å². The molecule has 2 aromatic rings. The highest BCUT2D eigenvalue weighted by Gasteiger charge is 2.17. The molecule has 1 aromatic heterocycles. The standard InChI is InChI=1S/C15H18N2O/c1-16-11-14(12-6-5-9-17-10-12)13-7-3-4-8-15(13)18-2/h3-10,14,16H,11H2,1-2H3. The highest BCUT2D eigenvalue weighted by molar-refractivity contribution is 5.41. The largest absolute Gasteiger partial charge is 0.496 e. The molecule has 0 bridgehead atoms. The first-order valence-corrected chi connectivity index (χ1v) is 6.04. The summed E-state index contributed by atoms with van der Waals surface area (Å²) in [6.45, 7) is 0.853. The number of nitrogens with one attached hydrogen (secondary N) is 1. The third-order valence-electron chi connectivity index (χ3n) is 3.01. The number of para-hydroxylation sites is 1. The van der Waals surface area contributed by atoms with Gasteiger partial charge in [0.25, 0.3) is 0 Å². The lowest BCUT2D eigenvalue weighted by atomic mass is 9.91. The topological polar surface area (TPSA) is 34.2 Å². The SMILES string of the molecule is CNCC(c1cccnc1)c1ccccc1OC. The molecule has 94 valence electrons. The van der Waals surface area contributed by atoms with Crippen LogP contribution in [0, 0.1) is 0 Å². The third kappa shape index (κ3) is 2.68. The molecule has 0 spiro atoms. The van der Waals surface area contributed by atoms with E-state index in [2.05, 4.69) is 22.4 Å². The Hall–Kier alpha value is -1.87. The molecule has 3 nitrogen and oxygen atoms in total. The van der Waals surface area contributed by atoms with Gasteiger partial charge in [-0.05, 0) is 24.7 Å². The number of aromatic nitrogens is 1. The van der Waals surface area contributed by atoms with Crippen LogP contribution in [0.5, 0.6) is 5.75 Å². The number of nitrogens with zero attached hydrogens (tertiary/aromatic N) is 1. The van der Waals surface area contributed by atoms with Crippen molar-refractivity contribution in [1.82, 2.24) is 10.3 Å². The minimum Gasteiger partial charge on any atom is -0.496 e. The Kier molecular flexibility index (Phi) is 4.31. The van der Waals surface area contributed by atoms with Gasteiger partial charge in [0.1, 0.15) is 5.75 Å². The maximum absolute atomic E-state index is 5.45. The quantitative estimate of drug-likeness (QED) is 0.874. The van der Waals surface area contributed by atoms with Crippen LogP contribution in [0.2, 0.25) is 0 Å². The van der Waals surface area contributed by atoms with Crippen molar-refractivity contribution in [3.05, 3.63) is 59.9 Å². The molecule has 0 fully saturated rings. The molecule has 1 atom stereocenters. The number of rotatable bonds is 5. The highest BCUT2D eigenvalue weighted by Crippen LogP contribution is 2.30. The Morgan fingerprint density at radius 3 is 2.72 bits per heavy atom. The Morgan fingerprint density at radius 1 is 1.22 bits per heavy atom. The van der Waals surface area contributed by atoms with Crippen LogP contribution in [-0.4, -0.2) is 25.7 Å². The van der Waals surface area contributed by atoms with E-state index in [0.29, 0.717) is 0 Å². The van der Waals surface area contributed by atoms with Crippen molar-refractivity contribution < 1.29 is 4.74 Å². The predicted molar refractivity (Wildman–Crippen MR) is 73.0 cm³/mol. The lowest BCUT2D eigenvalue weighted by molar-refractivity contribution is 0.407. The van der Waals surface area contributed by atoms with Gasteiger partial charge in [-0.3, -0.25) is 4.98 Å². The first-order valence-electron chi connectivity index (χ1n) is 6.04. The zero-order valence-electron chi connectivity index (χ0n) is 10.8. The molecular formula is C15H18N2O. The van der Waals surface area contributed by atoms with Crippen molar-refractivity contribution in [2.45, 2.75) is 5.92 Å². The second-order valence-electron chi connectivity index (χ2n) is 4.14. The average molecular weight is 242 g/mol. The first-order chi connectivity index (χ1) is 8.86. The van der Waals surface area contributed by atoms with Crippen LogP contribution in [0.1, 0.15) is 17.0 Å². The molecule has 0 aliphatic heterocycles. The van der Waals surface area contributed by atoms with Crippen molar-refractivity contribution in [3.63, 3.8) is 0 Å². The van der Waals surface area contributed by atoms with E-state index in [0.717, 1.165) is 12.3 Å². The first kappa shape index (κ1) is 12.6. The summed E-state index contributed by atoms with van der Waals surface area (Å²) in [4.78, 5) is 4.20. The number of hydrogen-bond donors (Lipinski definition) is 1. The van der Waals surface area contributed by atoms with Crippen LogP contribution in [0.3, 0.4) is 0 Å². The average Bonchev–Trinajstić information content (AvgIpc) is 2.46. The lowest BCUT2D eigenvalue weighted by Gasteiger charge is -2.19. The van der Waals surface area contributed by atoms with Crippen molar-refractivity contribution in [3.8, 4) is 5.75 Å². The normalized spacial score (nSPS) is 12.1. The third-order valence-corrected chi connectivity index (χ3v) is 3.01. The van der Waals surface area contributed by atoms with E-state index in [-0.39, 0.29) is 5.92 Å². The second-order valence-corrected chi connectivity index (χ2v) is 4.14. The molecular weight excluding hydrogens is 224 g/mol. The minimum atomic E-state index is 0.250. The molecule has 2 rings (SSSR count). The molecule has 1 unspecified atom stereocenters. The molecule has 3 heteroatoms. The number of likely N-dealkylation sites (N-methyl/N-ethyl adjacent to an activating group) is 1. The van der Waals surface area contributed by atoms with Crippen molar-refractivity contribution in [2.24, 2.45) is 0 Å². The maximum atomic E-state index is 5.45. The summed E-state index contributed by atoms with van der Waals surface area (Å²) in [7, 11) is 3.66. The molecule has 0 saturated carbocycles. The van der Waals surface area contributed by atoms with Crippen molar-refractivity contribution >= 4 is 0 Å². The van der Waals surface area contributed by atoms with Crippen LogP contribution in [0.4, 0.5) is 0 Å². The summed E-state index contributed by atoms with van der Waals surface area (Å²) in [5.41, 5.74) is 2.37. The smallest absolute Gasteiger partial charge is 0.122 e. The summed E-state index contributed by atoms with van der Waals surface area (Å²) in [5.74, 6) is 1.17. The lowest BCUT2D eigenvalue weighted by Crippen LogP contribution is -2.19. The Morgan fingerprint density at radius 2 is 2.06 bits per heavy atom. The van der Waals surface area contributed by atoms with Gasteiger partial charge in [0.05, 0.1) is 7.11 Å². The van der Waals surface area contributed by atoms with Crippen LogP contribution in [-0.2, 0) is 0 Å². The zero-order chi connectivity index (χ0) is 12.8. The van der Waals surface area contributed by atoms with E-state index in [1.807, 2.05) is 37.5 Å². The van der Waals surface area contributed by atoms with Crippen LogP contribution in [0.25, 0.3) is 0 Å². The van der Waals surface area contributed by atoms with Gasteiger partial charge in [-0.15, -0.1) is 0 Å². The van der Waals surface area contributed by atoms with Crippen LogP contribution >= 0.6 is 0 Å². The summed E-state index contributed by atoms with van der Waals surface area (Å²) in [5, 5.41) is 3.23. The van der Waals surface area contributed by atoms with E-state index in [9.17, 15) is 0 Å². The van der Waals surface area contributed by atoms with Gasteiger partial charge >= 0.3 is 0 Å². The number of benzene rings is 1. The molecule has 1 aromatic carbocycles. The number of ether oxygens (including phenoxy) is 1. The van der Waals surface area contributed by atoms with E-state index >= 15 is 0 Å². The van der Waals surface area contributed by atoms with E-state index in [4.69, 9.17) is 4.74 Å². The summed E-state index contributed by atoms with van der Waals surface area (Å²) in [6, 6.07) is 12.2. The summed E-state index contributed by atoms with van der Waals surface area (Å²) >= 11 is 0. The number of pyridine rings is 1. The van der Waals surface area contributed by atoms with Gasteiger partial charge in [-0.2, -0.15) is 0 Å². The van der Waals surface area contributed by atoms with Gasteiger partial charge in [0, 0.05) is 30.4 Å². The van der Waals surface area contributed by atoms with Gasteiger partial charge in [0.15, 0.2) is 0 Å². The Labute approximate surface area is 108 Å². The van der Waals surface area contributed by atoms with Gasteiger partial charge in [-0.1, -0.05) is 24.3 Å². The Bertz CT molecular complexity index is 485. The van der Waals surface area contributed by atoms with Crippen LogP contribution < -0.4 is 10.1 Å². The van der Waals surface area contributed by atoms with E-state index in [1.54, 1.807) is 13.3 Å². The monoisotopic (exact) mass is 242 g/mol. The molecule has 0 amide bonds. The molecule has 18 heavy (non-hydrogen) atoms. The van der Waals surface area contributed by atoms with Crippen LogP contribution in [0.15, 0.2) is 48.8 Å². The molecule has 0 aliphatic rings. The fraction of sp³-hybridized carbons (Fsp3) is 0.267. The Balaban J connectivity index is 2.41. The van der Waals surface area contributed by atoms with Gasteiger partial charge in [-0.25, -0.2) is 0 Å². The molecule has 0 radical (unpaired) electrons. The van der Waals surface area contributed by atoms with Crippen molar-refractivity contribution in [2.75, 3.05) is 20.7 Å². The zero-order valence-corrected chi connectivity index (χ0v) is 10.8. The predicted octanol–water partition coefficient (Wildman–Crippen LogP) is 2.44. The summed E-state index contributed by atoms with van der Waals surface area (Å²) in [6.07, 6.45) is 3.70. The molecule has 0 aliphatic carbocycles. The highest BCUT2D eigenvalue weighted by atomic mass is 16.5. The maximum Gasteiger partial charge on any atom is 0.122 e. The minimum absolute atomic E-state index is 0.250. The van der Waals surface area contributed by atoms with E-state index < -0.39 is 0 Å². The van der Waals surface area contributed by atoms with Gasteiger partial charge < -0.3 is 10.1 Å². The summed E-state index contributed by atoms with van der Waals surface area (Å²) < 4.78 is 5.45. The second kappa shape index (κ2) is 6.17. The molecule has 1 heterocycles. The fourth-order valence-electron chi connectivity index (χ4n) is 2.15. The number of hydrogen-bond acceptors (Lipinski definition) is 3.